The average molecular weight is 272 g/mol. The Morgan fingerprint density at radius 2 is 2.12 bits per heavy atom. The van der Waals surface area contributed by atoms with Crippen LogP contribution in [-0.2, 0) is 9.53 Å². The van der Waals surface area contributed by atoms with E-state index in [1.165, 1.54) is 18.2 Å². The van der Waals surface area contributed by atoms with Crippen molar-refractivity contribution in [3.8, 4) is 5.75 Å². The molecule has 0 atom stereocenters. The van der Waals surface area contributed by atoms with Crippen molar-refractivity contribution in [1.29, 1.82) is 0 Å². The third-order valence-corrected chi connectivity index (χ3v) is 2.58. The maximum atomic E-state index is 11.3. The van der Waals surface area contributed by atoms with E-state index in [1.807, 2.05) is 0 Å². The van der Waals surface area contributed by atoms with Crippen molar-refractivity contribution in [3.63, 3.8) is 0 Å². The highest BCUT2D eigenvalue weighted by Gasteiger charge is 2.20. The van der Waals surface area contributed by atoms with Crippen LogP contribution in [0.3, 0.4) is 0 Å². The Labute approximate surface area is 107 Å². The van der Waals surface area contributed by atoms with E-state index in [0.717, 1.165) is 0 Å². The minimum Gasteiger partial charge on any atom is -0.506 e. The van der Waals surface area contributed by atoms with Crippen LogP contribution in [0.25, 0.3) is 6.08 Å². The van der Waals surface area contributed by atoms with E-state index in [1.54, 1.807) is 6.92 Å². The number of carbonyl (C=O) groups excluding carboxylic acids is 1. The Morgan fingerprint density at radius 1 is 1.41 bits per heavy atom. The number of ether oxygens (including phenoxy) is 1. The first-order chi connectivity index (χ1) is 7.97. The molecule has 1 aliphatic rings. The molecule has 0 bridgehead atoms. The fraction of sp³-hybridized carbons (Fsp3) is 0.0909. The van der Waals surface area contributed by atoms with Crippen LogP contribution < -0.4 is 0 Å². The second-order valence-corrected chi connectivity index (χ2v) is 4.22. The molecule has 17 heavy (non-hydrogen) atoms. The summed E-state index contributed by atoms with van der Waals surface area (Å²) >= 11 is 11.5. The summed E-state index contributed by atoms with van der Waals surface area (Å²) in [5.74, 6) is -0.469. The quantitative estimate of drug-likeness (QED) is 0.631. The topological polar surface area (TPSA) is 58.9 Å². The number of aliphatic imine (C=N–C) groups is 1. The summed E-state index contributed by atoms with van der Waals surface area (Å²) in [6, 6.07) is 2.88. The number of halogens is 2. The summed E-state index contributed by atoms with van der Waals surface area (Å²) in [7, 11) is 0. The van der Waals surface area contributed by atoms with E-state index < -0.39 is 5.97 Å². The molecular weight excluding hydrogens is 265 g/mol. The predicted octanol–water partition coefficient (Wildman–Crippen LogP) is 3.02. The number of phenols is 1. The minimum absolute atomic E-state index is 0.0936. The number of esters is 1. The molecule has 0 radical (unpaired) electrons. The molecule has 0 aliphatic carbocycles. The van der Waals surface area contributed by atoms with Crippen molar-refractivity contribution in [2.45, 2.75) is 6.92 Å². The Bertz CT molecular complexity index is 564. The van der Waals surface area contributed by atoms with Crippen LogP contribution in [-0.4, -0.2) is 17.0 Å². The average Bonchev–Trinajstić information content (AvgIpc) is 2.53. The number of aromatic hydroxyl groups is 1. The Balaban J connectivity index is 2.49. The van der Waals surface area contributed by atoms with Gasteiger partial charge in [-0.05, 0) is 18.2 Å². The SMILES string of the molecule is CC1=N/C(=C\c2cc(Cl)cc(Cl)c2O)C(=O)O1. The highest BCUT2D eigenvalue weighted by atomic mass is 35.5. The number of phenolic OH excluding ortho intramolecular Hbond substituents is 1. The lowest BCUT2D eigenvalue weighted by Crippen LogP contribution is -1.99. The zero-order chi connectivity index (χ0) is 12.6. The minimum atomic E-state index is -0.571. The summed E-state index contributed by atoms with van der Waals surface area (Å²) in [5.41, 5.74) is 0.407. The van der Waals surface area contributed by atoms with Crippen LogP contribution in [0, 0.1) is 0 Å². The molecule has 1 aliphatic heterocycles. The first kappa shape index (κ1) is 12.0. The van der Waals surface area contributed by atoms with Crippen LogP contribution in [0.1, 0.15) is 12.5 Å². The molecule has 1 aromatic rings. The third kappa shape index (κ3) is 2.43. The molecule has 4 nitrogen and oxygen atoms in total. The van der Waals surface area contributed by atoms with Gasteiger partial charge in [0.25, 0.3) is 0 Å². The highest BCUT2D eigenvalue weighted by Crippen LogP contribution is 2.33. The summed E-state index contributed by atoms with van der Waals surface area (Å²) in [5, 5.41) is 10.2. The second-order valence-electron chi connectivity index (χ2n) is 3.38. The Morgan fingerprint density at radius 3 is 2.71 bits per heavy atom. The molecule has 88 valence electrons. The van der Waals surface area contributed by atoms with E-state index in [-0.39, 0.29) is 22.4 Å². The van der Waals surface area contributed by atoms with Gasteiger partial charge in [0.05, 0.1) is 5.02 Å². The number of hydrogen-bond acceptors (Lipinski definition) is 4. The van der Waals surface area contributed by atoms with Crippen molar-refractivity contribution >= 4 is 41.1 Å². The molecular formula is C11H7Cl2NO3. The van der Waals surface area contributed by atoms with Crippen LogP contribution in [0.2, 0.25) is 10.0 Å². The number of nitrogens with zero attached hydrogens (tertiary/aromatic N) is 1. The summed E-state index contributed by atoms with van der Waals surface area (Å²) in [6.45, 7) is 1.56. The van der Waals surface area contributed by atoms with Gasteiger partial charge in [0.2, 0.25) is 0 Å². The second kappa shape index (κ2) is 4.39. The number of carbonyl (C=O) groups is 1. The standard InChI is InChI=1S/C11H7Cl2NO3/c1-5-14-9(11(16)17-5)3-6-2-7(12)4-8(13)10(6)15/h2-4,15H,1H3/b9-3-. The molecule has 1 aromatic carbocycles. The largest absolute Gasteiger partial charge is 0.506 e. The Kier molecular flexibility index (Phi) is 3.09. The van der Waals surface area contributed by atoms with E-state index in [2.05, 4.69) is 4.99 Å². The molecule has 0 aromatic heterocycles. The number of hydrogen-bond donors (Lipinski definition) is 1. The maximum Gasteiger partial charge on any atom is 0.363 e. The third-order valence-electron chi connectivity index (χ3n) is 2.08. The van der Waals surface area contributed by atoms with Gasteiger partial charge in [0.15, 0.2) is 11.6 Å². The van der Waals surface area contributed by atoms with Gasteiger partial charge in [-0.2, -0.15) is 0 Å². The van der Waals surface area contributed by atoms with Crippen molar-refractivity contribution in [3.05, 3.63) is 33.4 Å². The molecule has 0 saturated heterocycles. The van der Waals surface area contributed by atoms with Gasteiger partial charge in [0, 0.05) is 17.5 Å². The van der Waals surface area contributed by atoms with Crippen LogP contribution >= 0.6 is 23.2 Å². The number of rotatable bonds is 1. The fourth-order valence-electron chi connectivity index (χ4n) is 1.36. The van der Waals surface area contributed by atoms with Gasteiger partial charge in [-0.25, -0.2) is 9.79 Å². The van der Waals surface area contributed by atoms with Crippen molar-refractivity contribution < 1.29 is 14.6 Å². The molecule has 0 unspecified atom stereocenters. The molecule has 6 heteroatoms. The lowest BCUT2D eigenvalue weighted by atomic mass is 10.1. The van der Waals surface area contributed by atoms with Gasteiger partial charge in [-0.3, -0.25) is 0 Å². The van der Waals surface area contributed by atoms with Gasteiger partial charge < -0.3 is 9.84 Å². The van der Waals surface area contributed by atoms with Gasteiger partial charge in [0.1, 0.15) is 5.75 Å². The summed E-state index contributed by atoms with van der Waals surface area (Å²) < 4.78 is 4.74. The van der Waals surface area contributed by atoms with Crippen molar-refractivity contribution in [2.75, 3.05) is 0 Å². The lowest BCUT2D eigenvalue weighted by Gasteiger charge is -2.02. The summed E-state index contributed by atoms with van der Waals surface area (Å²) in [4.78, 5) is 15.2. The lowest BCUT2D eigenvalue weighted by molar-refractivity contribution is -0.130. The van der Waals surface area contributed by atoms with Crippen molar-refractivity contribution in [1.82, 2.24) is 0 Å². The van der Waals surface area contributed by atoms with Crippen LogP contribution in [0.5, 0.6) is 5.75 Å². The molecule has 1 N–H and O–H groups in total. The Hall–Kier alpha value is -1.52. The van der Waals surface area contributed by atoms with Crippen molar-refractivity contribution in [2.24, 2.45) is 4.99 Å². The fourth-order valence-corrected chi connectivity index (χ4v) is 1.87. The molecule has 1 heterocycles. The smallest absolute Gasteiger partial charge is 0.363 e. The number of benzene rings is 1. The zero-order valence-electron chi connectivity index (χ0n) is 8.70. The monoisotopic (exact) mass is 271 g/mol. The first-order valence-electron chi connectivity index (χ1n) is 4.64. The molecule has 0 saturated carbocycles. The van der Waals surface area contributed by atoms with E-state index >= 15 is 0 Å². The summed E-state index contributed by atoms with van der Waals surface area (Å²) in [6.07, 6.45) is 1.37. The van der Waals surface area contributed by atoms with Gasteiger partial charge >= 0.3 is 5.97 Å². The van der Waals surface area contributed by atoms with Gasteiger partial charge in [-0.15, -0.1) is 0 Å². The van der Waals surface area contributed by atoms with Crippen LogP contribution in [0.4, 0.5) is 0 Å². The maximum absolute atomic E-state index is 11.3. The molecule has 0 amide bonds. The zero-order valence-corrected chi connectivity index (χ0v) is 10.2. The predicted molar refractivity (Wildman–Crippen MR) is 65.3 cm³/mol. The van der Waals surface area contributed by atoms with Gasteiger partial charge in [-0.1, -0.05) is 23.2 Å². The molecule has 0 fully saturated rings. The normalized spacial score (nSPS) is 17.2. The van der Waals surface area contributed by atoms with E-state index in [0.29, 0.717) is 10.6 Å². The first-order valence-corrected chi connectivity index (χ1v) is 5.40. The number of cyclic esters (lactones) is 1. The van der Waals surface area contributed by atoms with E-state index in [4.69, 9.17) is 27.9 Å². The molecule has 2 rings (SSSR count). The van der Waals surface area contributed by atoms with E-state index in [9.17, 15) is 9.90 Å². The van der Waals surface area contributed by atoms with Crippen LogP contribution in [0.15, 0.2) is 22.8 Å². The highest BCUT2D eigenvalue weighted by molar-refractivity contribution is 6.35. The molecule has 0 spiro atoms.